The number of nitrogens with one attached hydrogen (secondary N) is 1. The molecule has 1 aliphatic rings. The highest BCUT2D eigenvalue weighted by molar-refractivity contribution is 5.69. The van der Waals surface area contributed by atoms with E-state index in [1.807, 2.05) is 20.8 Å². The van der Waals surface area contributed by atoms with Crippen LogP contribution in [0.2, 0.25) is 0 Å². The SMILES string of the molecule is CC(C)(C)OC(=O)NC1(CN)COC1. The van der Waals surface area contributed by atoms with Gasteiger partial charge in [0.25, 0.3) is 0 Å². The van der Waals surface area contributed by atoms with Crippen molar-refractivity contribution in [2.24, 2.45) is 5.73 Å². The van der Waals surface area contributed by atoms with Gasteiger partial charge >= 0.3 is 6.09 Å². The Morgan fingerprint density at radius 2 is 2.14 bits per heavy atom. The summed E-state index contributed by atoms with van der Waals surface area (Å²) in [6.07, 6.45) is -0.439. The number of carbonyl (C=O) groups excluding carboxylic acids is 1. The van der Waals surface area contributed by atoms with E-state index in [2.05, 4.69) is 5.32 Å². The van der Waals surface area contributed by atoms with Crippen LogP contribution in [0.5, 0.6) is 0 Å². The predicted octanol–water partition coefficient (Wildman–Crippen LogP) is 0.239. The molecular weight excluding hydrogens is 184 g/mol. The fourth-order valence-electron chi connectivity index (χ4n) is 1.11. The second kappa shape index (κ2) is 3.74. The Bertz CT molecular complexity index is 213. The minimum absolute atomic E-state index is 0.367. The van der Waals surface area contributed by atoms with Crippen molar-refractivity contribution in [2.75, 3.05) is 19.8 Å². The average Bonchev–Trinajstić information content (AvgIpc) is 1.93. The minimum atomic E-state index is -0.482. The van der Waals surface area contributed by atoms with Crippen LogP contribution in [-0.2, 0) is 9.47 Å². The maximum Gasteiger partial charge on any atom is 0.408 e. The summed E-state index contributed by atoms with van der Waals surface area (Å²) in [5, 5.41) is 2.72. The molecule has 1 amide bonds. The number of alkyl carbamates (subject to hydrolysis) is 1. The van der Waals surface area contributed by atoms with Gasteiger partial charge in [-0.05, 0) is 20.8 Å². The molecule has 0 aromatic heterocycles. The van der Waals surface area contributed by atoms with Crippen LogP contribution in [0.3, 0.4) is 0 Å². The number of ether oxygens (including phenoxy) is 2. The molecule has 0 radical (unpaired) electrons. The molecule has 0 spiro atoms. The Morgan fingerprint density at radius 3 is 2.43 bits per heavy atom. The van der Waals surface area contributed by atoms with Crippen LogP contribution < -0.4 is 11.1 Å². The number of rotatable bonds is 2. The molecule has 1 rings (SSSR count). The van der Waals surface area contributed by atoms with Crippen molar-refractivity contribution in [3.8, 4) is 0 Å². The average molecular weight is 202 g/mol. The molecule has 1 heterocycles. The molecular formula is C9H18N2O3. The fourth-order valence-corrected chi connectivity index (χ4v) is 1.11. The molecule has 14 heavy (non-hydrogen) atoms. The van der Waals surface area contributed by atoms with E-state index in [0.717, 1.165) is 0 Å². The highest BCUT2D eigenvalue weighted by atomic mass is 16.6. The molecule has 82 valence electrons. The zero-order valence-electron chi connectivity index (χ0n) is 8.92. The Hall–Kier alpha value is -0.810. The number of amides is 1. The summed E-state index contributed by atoms with van der Waals surface area (Å²) in [5.74, 6) is 0. The van der Waals surface area contributed by atoms with Crippen LogP contribution in [-0.4, -0.2) is 37.0 Å². The second-order valence-corrected chi connectivity index (χ2v) is 4.60. The van der Waals surface area contributed by atoms with Crippen LogP contribution in [0.4, 0.5) is 4.79 Å². The molecule has 1 fully saturated rings. The van der Waals surface area contributed by atoms with Gasteiger partial charge in [-0.1, -0.05) is 0 Å². The number of hydrogen-bond acceptors (Lipinski definition) is 4. The molecule has 0 saturated carbocycles. The topological polar surface area (TPSA) is 73.6 Å². The van der Waals surface area contributed by atoms with Gasteiger partial charge in [-0.2, -0.15) is 0 Å². The van der Waals surface area contributed by atoms with Crippen molar-refractivity contribution >= 4 is 6.09 Å². The lowest BCUT2D eigenvalue weighted by Gasteiger charge is -2.41. The molecule has 0 aromatic rings. The summed E-state index contributed by atoms with van der Waals surface area (Å²) in [6, 6.07) is 0. The largest absolute Gasteiger partial charge is 0.444 e. The first kappa shape index (κ1) is 11.3. The molecule has 0 bridgehead atoms. The monoisotopic (exact) mass is 202 g/mol. The molecule has 0 aliphatic carbocycles. The van der Waals surface area contributed by atoms with Crippen LogP contribution >= 0.6 is 0 Å². The minimum Gasteiger partial charge on any atom is -0.444 e. The Morgan fingerprint density at radius 1 is 1.57 bits per heavy atom. The first-order chi connectivity index (χ1) is 6.37. The highest BCUT2D eigenvalue weighted by Gasteiger charge is 2.39. The Kier molecular flexibility index (Phi) is 3.01. The van der Waals surface area contributed by atoms with Crippen LogP contribution in [0.1, 0.15) is 20.8 Å². The molecule has 1 aliphatic heterocycles. The third-order valence-corrected chi connectivity index (χ3v) is 1.91. The third kappa shape index (κ3) is 2.85. The van der Waals surface area contributed by atoms with E-state index in [1.165, 1.54) is 0 Å². The van der Waals surface area contributed by atoms with E-state index in [9.17, 15) is 4.79 Å². The normalized spacial score (nSPS) is 19.7. The number of hydrogen-bond donors (Lipinski definition) is 2. The lowest BCUT2D eigenvalue weighted by molar-refractivity contribution is -0.0708. The summed E-state index contributed by atoms with van der Waals surface area (Å²) in [6.45, 7) is 6.74. The molecule has 5 heteroatoms. The third-order valence-electron chi connectivity index (χ3n) is 1.91. The number of carbonyl (C=O) groups is 1. The van der Waals surface area contributed by atoms with Crippen LogP contribution in [0, 0.1) is 0 Å². The highest BCUT2D eigenvalue weighted by Crippen LogP contribution is 2.16. The van der Waals surface area contributed by atoms with Gasteiger partial charge in [-0.25, -0.2) is 4.79 Å². The first-order valence-electron chi connectivity index (χ1n) is 4.66. The van der Waals surface area contributed by atoms with E-state index in [1.54, 1.807) is 0 Å². The van der Waals surface area contributed by atoms with E-state index < -0.39 is 17.2 Å². The molecule has 5 nitrogen and oxygen atoms in total. The summed E-state index contributed by atoms with van der Waals surface area (Å²) in [4.78, 5) is 11.4. The van der Waals surface area contributed by atoms with Gasteiger partial charge in [0.2, 0.25) is 0 Å². The summed E-state index contributed by atoms with van der Waals surface area (Å²) < 4.78 is 10.1. The van der Waals surface area contributed by atoms with Crippen molar-refractivity contribution in [2.45, 2.75) is 31.9 Å². The first-order valence-corrected chi connectivity index (χ1v) is 4.66. The second-order valence-electron chi connectivity index (χ2n) is 4.60. The van der Waals surface area contributed by atoms with E-state index in [4.69, 9.17) is 15.2 Å². The van der Waals surface area contributed by atoms with E-state index in [0.29, 0.717) is 19.8 Å². The summed E-state index contributed by atoms with van der Waals surface area (Å²) in [5.41, 5.74) is 4.63. The van der Waals surface area contributed by atoms with Crippen molar-refractivity contribution in [1.82, 2.24) is 5.32 Å². The fraction of sp³-hybridized carbons (Fsp3) is 0.889. The Labute approximate surface area is 83.9 Å². The van der Waals surface area contributed by atoms with Gasteiger partial charge in [0.15, 0.2) is 0 Å². The van der Waals surface area contributed by atoms with E-state index in [-0.39, 0.29) is 0 Å². The molecule has 0 unspecified atom stereocenters. The van der Waals surface area contributed by atoms with Crippen molar-refractivity contribution in [3.63, 3.8) is 0 Å². The van der Waals surface area contributed by atoms with Crippen LogP contribution in [0.15, 0.2) is 0 Å². The van der Waals surface area contributed by atoms with Gasteiger partial charge in [0.1, 0.15) is 11.1 Å². The van der Waals surface area contributed by atoms with Gasteiger partial charge in [-0.15, -0.1) is 0 Å². The zero-order chi connectivity index (χ0) is 10.8. The smallest absolute Gasteiger partial charge is 0.408 e. The maximum absolute atomic E-state index is 11.4. The zero-order valence-corrected chi connectivity index (χ0v) is 8.92. The quantitative estimate of drug-likeness (QED) is 0.672. The van der Waals surface area contributed by atoms with Crippen LogP contribution in [0.25, 0.3) is 0 Å². The summed E-state index contributed by atoms with van der Waals surface area (Å²) >= 11 is 0. The van der Waals surface area contributed by atoms with Crippen molar-refractivity contribution < 1.29 is 14.3 Å². The lowest BCUT2D eigenvalue weighted by atomic mass is 9.98. The van der Waals surface area contributed by atoms with E-state index >= 15 is 0 Å². The van der Waals surface area contributed by atoms with Gasteiger partial charge < -0.3 is 20.5 Å². The van der Waals surface area contributed by atoms with Gasteiger partial charge in [0, 0.05) is 6.54 Å². The molecule has 0 aromatic carbocycles. The molecule has 3 N–H and O–H groups in total. The van der Waals surface area contributed by atoms with Crippen molar-refractivity contribution in [1.29, 1.82) is 0 Å². The van der Waals surface area contributed by atoms with Crippen molar-refractivity contribution in [3.05, 3.63) is 0 Å². The predicted molar refractivity (Wildman–Crippen MR) is 52.0 cm³/mol. The molecule has 0 atom stereocenters. The van der Waals surface area contributed by atoms with Gasteiger partial charge in [-0.3, -0.25) is 0 Å². The summed E-state index contributed by atoms with van der Waals surface area (Å²) in [7, 11) is 0. The molecule has 1 saturated heterocycles. The number of nitrogens with two attached hydrogens (primary N) is 1. The Balaban J connectivity index is 2.40. The maximum atomic E-state index is 11.4. The van der Waals surface area contributed by atoms with Gasteiger partial charge in [0.05, 0.1) is 13.2 Å². The lowest BCUT2D eigenvalue weighted by Crippen LogP contribution is -2.66. The standard InChI is InChI=1S/C9H18N2O3/c1-8(2,3)14-7(12)11-9(4-10)5-13-6-9/h4-6,10H2,1-3H3,(H,11,12).